The van der Waals surface area contributed by atoms with Gasteiger partial charge in [0.2, 0.25) is 0 Å². The number of rotatable bonds is 6. The molecule has 0 N–H and O–H groups in total. The molecule has 19 heavy (non-hydrogen) atoms. The van der Waals surface area contributed by atoms with E-state index in [4.69, 9.17) is 14.2 Å². The summed E-state index contributed by atoms with van der Waals surface area (Å²) in [7, 11) is 1.53. The van der Waals surface area contributed by atoms with E-state index in [1.54, 1.807) is 25.1 Å². The molecule has 1 aromatic carbocycles. The molecule has 0 bridgehead atoms. The number of ether oxygens (including phenoxy) is 3. The van der Waals surface area contributed by atoms with Crippen molar-refractivity contribution in [3.05, 3.63) is 29.3 Å². The normalized spacial score (nSPS) is 9.84. The van der Waals surface area contributed by atoms with Crippen molar-refractivity contribution < 1.29 is 23.8 Å². The van der Waals surface area contributed by atoms with Gasteiger partial charge in [-0.05, 0) is 24.6 Å². The first-order chi connectivity index (χ1) is 9.08. The molecule has 0 aliphatic heterocycles. The van der Waals surface area contributed by atoms with Gasteiger partial charge in [0.15, 0.2) is 0 Å². The van der Waals surface area contributed by atoms with Crippen LogP contribution in [0.3, 0.4) is 0 Å². The summed E-state index contributed by atoms with van der Waals surface area (Å²) in [4.78, 5) is 22.6. The lowest BCUT2D eigenvalue weighted by Gasteiger charge is -2.10. The Morgan fingerprint density at radius 1 is 1.21 bits per heavy atom. The Labute approximate surface area is 112 Å². The molecule has 0 atom stereocenters. The molecule has 5 heteroatoms. The summed E-state index contributed by atoms with van der Waals surface area (Å²) in [5.41, 5.74) is 1.20. The maximum atomic E-state index is 11.8. The molecule has 0 spiro atoms. The summed E-state index contributed by atoms with van der Waals surface area (Å²) in [6, 6.07) is 5.15. The van der Waals surface area contributed by atoms with Gasteiger partial charge < -0.3 is 14.2 Å². The topological polar surface area (TPSA) is 61.8 Å². The Bertz CT molecular complexity index is 453. The summed E-state index contributed by atoms with van der Waals surface area (Å²) in [6.07, 6.45) is 0.456. The van der Waals surface area contributed by atoms with Gasteiger partial charge in [-0.25, -0.2) is 4.79 Å². The zero-order valence-corrected chi connectivity index (χ0v) is 11.4. The summed E-state index contributed by atoms with van der Waals surface area (Å²) < 4.78 is 15.0. The number of hydrogen-bond donors (Lipinski definition) is 0. The van der Waals surface area contributed by atoms with E-state index in [0.717, 1.165) is 5.56 Å². The smallest absolute Gasteiger partial charge is 0.338 e. The second-order valence-electron chi connectivity index (χ2n) is 3.83. The van der Waals surface area contributed by atoms with Crippen molar-refractivity contribution in [2.45, 2.75) is 20.3 Å². The zero-order valence-electron chi connectivity index (χ0n) is 11.4. The number of carbonyl (C=O) groups excluding carboxylic acids is 2. The minimum atomic E-state index is -0.403. The Hall–Kier alpha value is -2.04. The molecule has 0 heterocycles. The largest absolute Gasteiger partial charge is 0.497 e. The lowest BCUT2D eigenvalue weighted by Crippen LogP contribution is -2.11. The van der Waals surface area contributed by atoms with Crippen LogP contribution in [0.15, 0.2) is 18.2 Å². The molecule has 1 aromatic rings. The van der Waals surface area contributed by atoms with Gasteiger partial charge in [0.1, 0.15) is 5.75 Å². The molecule has 0 aliphatic rings. The van der Waals surface area contributed by atoms with E-state index < -0.39 is 5.97 Å². The van der Waals surface area contributed by atoms with Crippen LogP contribution in [-0.4, -0.2) is 32.3 Å². The first-order valence-electron chi connectivity index (χ1n) is 6.05. The van der Waals surface area contributed by atoms with E-state index in [-0.39, 0.29) is 12.6 Å². The molecule has 0 fully saturated rings. The van der Waals surface area contributed by atoms with Gasteiger partial charge in [0.05, 0.1) is 25.9 Å². The summed E-state index contributed by atoms with van der Waals surface area (Å²) in [6.45, 7) is 3.63. The molecule has 5 nitrogen and oxygen atoms in total. The fraction of sp³-hybridized carbons (Fsp3) is 0.429. The summed E-state index contributed by atoms with van der Waals surface area (Å²) in [5, 5.41) is 0. The van der Waals surface area contributed by atoms with E-state index in [0.29, 0.717) is 24.3 Å². The van der Waals surface area contributed by atoms with Gasteiger partial charge in [0, 0.05) is 13.3 Å². The highest BCUT2D eigenvalue weighted by molar-refractivity contribution is 5.91. The molecule has 104 valence electrons. The molecule has 0 saturated heterocycles. The molecule has 0 unspecified atom stereocenters. The molecule has 0 aliphatic carbocycles. The van der Waals surface area contributed by atoms with Crippen molar-refractivity contribution >= 4 is 11.9 Å². The van der Waals surface area contributed by atoms with Crippen LogP contribution in [0.25, 0.3) is 0 Å². The Morgan fingerprint density at radius 2 is 1.95 bits per heavy atom. The maximum Gasteiger partial charge on any atom is 0.338 e. The van der Waals surface area contributed by atoms with Crippen molar-refractivity contribution in [1.29, 1.82) is 0 Å². The van der Waals surface area contributed by atoms with Gasteiger partial charge in [0.25, 0.3) is 0 Å². The second-order valence-corrected chi connectivity index (χ2v) is 3.83. The van der Waals surface area contributed by atoms with Gasteiger partial charge in [-0.1, -0.05) is 6.07 Å². The molecular formula is C14H18O5. The highest BCUT2D eigenvalue weighted by Gasteiger charge is 2.14. The predicted molar refractivity (Wildman–Crippen MR) is 69.3 cm³/mol. The lowest BCUT2D eigenvalue weighted by atomic mass is 10.0. The zero-order chi connectivity index (χ0) is 14.3. The lowest BCUT2D eigenvalue weighted by molar-refractivity contribution is -0.140. The van der Waals surface area contributed by atoms with Crippen LogP contribution < -0.4 is 4.74 Å². The molecule has 1 rings (SSSR count). The van der Waals surface area contributed by atoms with Crippen LogP contribution in [0, 0.1) is 0 Å². The fourth-order valence-corrected chi connectivity index (χ4v) is 1.60. The van der Waals surface area contributed by atoms with Crippen LogP contribution in [0.2, 0.25) is 0 Å². The first-order valence-corrected chi connectivity index (χ1v) is 6.05. The van der Waals surface area contributed by atoms with E-state index >= 15 is 0 Å². The third-order valence-corrected chi connectivity index (χ3v) is 2.49. The SMILES string of the molecule is CCOC(=O)c1cc(OC)ccc1CCOC(C)=O. The summed E-state index contributed by atoms with van der Waals surface area (Å²) in [5.74, 6) is -0.162. The van der Waals surface area contributed by atoms with E-state index in [1.165, 1.54) is 14.0 Å². The number of hydrogen-bond acceptors (Lipinski definition) is 5. The number of carbonyl (C=O) groups is 2. The number of methoxy groups -OCH3 is 1. The minimum Gasteiger partial charge on any atom is -0.497 e. The highest BCUT2D eigenvalue weighted by Crippen LogP contribution is 2.19. The third kappa shape index (κ3) is 4.62. The monoisotopic (exact) mass is 266 g/mol. The van der Waals surface area contributed by atoms with Crippen LogP contribution in [0.4, 0.5) is 0 Å². The second kappa shape index (κ2) is 7.41. The molecule has 0 saturated carbocycles. The third-order valence-electron chi connectivity index (χ3n) is 2.49. The average Bonchev–Trinajstić information content (AvgIpc) is 2.38. The van der Waals surface area contributed by atoms with Crippen molar-refractivity contribution in [3.8, 4) is 5.75 Å². The van der Waals surface area contributed by atoms with Crippen LogP contribution in [0.1, 0.15) is 29.8 Å². The standard InChI is InChI=1S/C14H18O5/c1-4-18-14(16)13-9-12(17-3)6-5-11(13)7-8-19-10(2)15/h5-6,9H,4,7-8H2,1-3H3. The van der Waals surface area contributed by atoms with Crippen molar-refractivity contribution in [1.82, 2.24) is 0 Å². The van der Waals surface area contributed by atoms with Gasteiger partial charge in [-0.3, -0.25) is 4.79 Å². The van der Waals surface area contributed by atoms with Crippen LogP contribution in [-0.2, 0) is 20.7 Å². The molecule has 0 radical (unpaired) electrons. The van der Waals surface area contributed by atoms with Crippen molar-refractivity contribution in [3.63, 3.8) is 0 Å². The Morgan fingerprint density at radius 3 is 2.53 bits per heavy atom. The predicted octanol–water partition coefficient (Wildman–Crippen LogP) is 1.98. The maximum absolute atomic E-state index is 11.8. The number of esters is 2. The minimum absolute atomic E-state index is 0.230. The summed E-state index contributed by atoms with van der Waals surface area (Å²) >= 11 is 0. The molecular weight excluding hydrogens is 248 g/mol. The van der Waals surface area contributed by atoms with Gasteiger partial charge >= 0.3 is 11.9 Å². The first kappa shape index (κ1) is 15.0. The van der Waals surface area contributed by atoms with Crippen molar-refractivity contribution in [2.75, 3.05) is 20.3 Å². The molecule has 0 aromatic heterocycles. The van der Waals surface area contributed by atoms with Crippen molar-refractivity contribution in [2.24, 2.45) is 0 Å². The quantitative estimate of drug-likeness (QED) is 0.737. The van der Waals surface area contributed by atoms with Crippen LogP contribution >= 0.6 is 0 Å². The number of benzene rings is 1. The van der Waals surface area contributed by atoms with E-state index in [9.17, 15) is 9.59 Å². The Balaban J connectivity index is 2.88. The van der Waals surface area contributed by atoms with Gasteiger partial charge in [-0.15, -0.1) is 0 Å². The van der Waals surface area contributed by atoms with E-state index in [2.05, 4.69) is 0 Å². The fourth-order valence-electron chi connectivity index (χ4n) is 1.60. The van der Waals surface area contributed by atoms with E-state index in [1.807, 2.05) is 0 Å². The highest BCUT2D eigenvalue weighted by atomic mass is 16.5. The average molecular weight is 266 g/mol. The van der Waals surface area contributed by atoms with Gasteiger partial charge in [-0.2, -0.15) is 0 Å². The Kier molecular flexibility index (Phi) is 5.85. The molecule has 0 amide bonds. The van der Waals surface area contributed by atoms with Crippen LogP contribution in [0.5, 0.6) is 5.75 Å².